The lowest BCUT2D eigenvalue weighted by molar-refractivity contribution is -0.117. The summed E-state index contributed by atoms with van der Waals surface area (Å²) < 4.78 is 5.09. The van der Waals surface area contributed by atoms with Crippen molar-refractivity contribution in [2.24, 2.45) is 0 Å². The minimum atomic E-state index is -0.389. The first-order valence-corrected chi connectivity index (χ1v) is 9.96. The van der Waals surface area contributed by atoms with Crippen LogP contribution in [-0.2, 0) is 11.3 Å². The predicted molar refractivity (Wildman–Crippen MR) is 116 cm³/mol. The number of carbonyl (C=O) groups excluding carboxylic acids is 1. The number of rotatable bonds is 4. The van der Waals surface area contributed by atoms with Gasteiger partial charge in [0.1, 0.15) is 12.1 Å². The molecule has 0 fully saturated rings. The van der Waals surface area contributed by atoms with Crippen LogP contribution in [0, 0.1) is 0 Å². The SMILES string of the molecule is O=C(Cn1nc2c3cc(-c4ccccc4)nn3ccn2c1=O)Nc1cccc(Br)c1. The Morgan fingerprint density at radius 2 is 1.83 bits per heavy atom. The van der Waals surface area contributed by atoms with E-state index in [2.05, 4.69) is 31.4 Å². The average molecular weight is 463 g/mol. The van der Waals surface area contributed by atoms with Gasteiger partial charge in [0.25, 0.3) is 0 Å². The highest BCUT2D eigenvalue weighted by atomic mass is 79.9. The molecule has 0 aliphatic heterocycles. The van der Waals surface area contributed by atoms with Gasteiger partial charge in [-0.25, -0.2) is 18.4 Å². The third kappa shape index (κ3) is 3.29. The van der Waals surface area contributed by atoms with E-state index in [1.54, 1.807) is 29.0 Å². The molecule has 30 heavy (non-hydrogen) atoms. The molecule has 0 aliphatic carbocycles. The van der Waals surface area contributed by atoms with Crippen molar-refractivity contribution in [2.45, 2.75) is 6.54 Å². The van der Waals surface area contributed by atoms with Gasteiger partial charge < -0.3 is 5.32 Å². The molecule has 0 aliphatic rings. The third-order valence-electron chi connectivity index (χ3n) is 4.66. The van der Waals surface area contributed by atoms with Crippen LogP contribution in [0.25, 0.3) is 22.4 Å². The number of anilines is 1. The first-order valence-electron chi connectivity index (χ1n) is 9.17. The van der Waals surface area contributed by atoms with E-state index >= 15 is 0 Å². The number of carbonyl (C=O) groups is 1. The molecule has 3 heterocycles. The molecule has 0 radical (unpaired) electrons. The number of amides is 1. The Morgan fingerprint density at radius 1 is 1.00 bits per heavy atom. The first-order chi connectivity index (χ1) is 14.6. The van der Waals surface area contributed by atoms with E-state index in [9.17, 15) is 9.59 Å². The summed E-state index contributed by atoms with van der Waals surface area (Å²) in [7, 11) is 0. The predicted octanol–water partition coefficient (Wildman–Crippen LogP) is 3.21. The number of fused-ring (bicyclic) bond motifs is 3. The summed E-state index contributed by atoms with van der Waals surface area (Å²) in [5.41, 5.74) is 3.11. The Morgan fingerprint density at radius 3 is 2.63 bits per heavy atom. The number of aromatic nitrogens is 5. The molecule has 5 aromatic rings. The van der Waals surface area contributed by atoms with Gasteiger partial charge in [-0.3, -0.25) is 4.79 Å². The van der Waals surface area contributed by atoms with Crippen molar-refractivity contribution in [3.8, 4) is 11.3 Å². The zero-order chi connectivity index (χ0) is 20.7. The van der Waals surface area contributed by atoms with Crippen LogP contribution < -0.4 is 11.0 Å². The molecular formula is C21H15BrN6O2. The fourth-order valence-corrected chi connectivity index (χ4v) is 3.69. The zero-order valence-electron chi connectivity index (χ0n) is 15.6. The van der Waals surface area contributed by atoms with Crippen molar-refractivity contribution >= 4 is 38.7 Å². The molecule has 0 spiro atoms. The van der Waals surface area contributed by atoms with Gasteiger partial charge in [-0.15, -0.1) is 5.10 Å². The van der Waals surface area contributed by atoms with Crippen LogP contribution in [-0.4, -0.2) is 29.7 Å². The van der Waals surface area contributed by atoms with Crippen LogP contribution in [0.2, 0.25) is 0 Å². The zero-order valence-corrected chi connectivity index (χ0v) is 17.2. The molecule has 9 heteroatoms. The summed E-state index contributed by atoms with van der Waals surface area (Å²) in [6.07, 6.45) is 3.30. The fraction of sp³-hybridized carbons (Fsp3) is 0.0476. The van der Waals surface area contributed by atoms with Crippen LogP contribution >= 0.6 is 15.9 Å². The highest BCUT2D eigenvalue weighted by Gasteiger charge is 2.15. The first kappa shape index (κ1) is 18.3. The lowest BCUT2D eigenvalue weighted by atomic mass is 10.1. The van der Waals surface area contributed by atoms with Crippen LogP contribution in [0.4, 0.5) is 5.69 Å². The van der Waals surface area contributed by atoms with E-state index in [-0.39, 0.29) is 18.1 Å². The Bertz CT molecular complexity index is 1450. The van der Waals surface area contributed by atoms with E-state index in [0.29, 0.717) is 16.9 Å². The second-order valence-corrected chi connectivity index (χ2v) is 7.63. The van der Waals surface area contributed by atoms with Crippen molar-refractivity contribution in [3.05, 3.63) is 88.0 Å². The Kier molecular flexibility index (Phi) is 4.44. The molecule has 0 saturated heterocycles. The maximum Gasteiger partial charge on any atom is 0.350 e. The lowest BCUT2D eigenvalue weighted by Crippen LogP contribution is -2.28. The minimum absolute atomic E-state index is 0.196. The lowest BCUT2D eigenvalue weighted by Gasteiger charge is -2.04. The molecule has 0 atom stereocenters. The maximum atomic E-state index is 12.7. The highest BCUT2D eigenvalue weighted by molar-refractivity contribution is 9.10. The van der Waals surface area contributed by atoms with E-state index in [1.165, 1.54) is 4.40 Å². The van der Waals surface area contributed by atoms with Crippen molar-refractivity contribution in [1.82, 2.24) is 23.8 Å². The van der Waals surface area contributed by atoms with Gasteiger partial charge in [0.2, 0.25) is 5.91 Å². The molecule has 0 saturated carbocycles. The van der Waals surface area contributed by atoms with Crippen molar-refractivity contribution in [2.75, 3.05) is 5.32 Å². The summed E-state index contributed by atoms with van der Waals surface area (Å²) in [6, 6.07) is 18.9. The van der Waals surface area contributed by atoms with Crippen molar-refractivity contribution in [3.63, 3.8) is 0 Å². The Balaban J connectivity index is 1.50. The van der Waals surface area contributed by atoms with Gasteiger partial charge in [0.15, 0.2) is 5.65 Å². The topological polar surface area (TPSA) is 85.7 Å². The van der Waals surface area contributed by atoms with Gasteiger partial charge in [-0.2, -0.15) is 5.10 Å². The second-order valence-electron chi connectivity index (χ2n) is 6.72. The van der Waals surface area contributed by atoms with E-state index in [0.717, 1.165) is 20.4 Å². The molecule has 1 N–H and O–H groups in total. The number of halogens is 1. The monoisotopic (exact) mass is 462 g/mol. The molecule has 5 rings (SSSR count). The smallest absolute Gasteiger partial charge is 0.324 e. The molecule has 8 nitrogen and oxygen atoms in total. The standard InChI is InChI=1S/C21H15BrN6O2/c22-15-7-4-8-16(11-15)23-19(29)13-28-21(30)26-9-10-27-18(20(26)25-28)12-17(24-27)14-5-2-1-3-6-14/h1-12H,13H2,(H,23,29). The van der Waals surface area contributed by atoms with Crippen molar-refractivity contribution < 1.29 is 4.79 Å². The summed E-state index contributed by atoms with van der Waals surface area (Å²) in [6.45, 7) is -0.196. The summed E-state index contributed by atoms with van der Waals surface area (Å²) in [4.78, 5) is 25.2. The molecule has 1 amide bonds. The molecule has 148 valence electrons. The van der Waals surface area contributed by atoms with Gasteiger partial charge >= 0.3 is 5.69 Å². The molecular weight excluding hydrogens is 448 g/mol. The van der Waals surface area contributed by atoms with Crippen LogP contribution in [0.5, 0.6) is 0 Å². The quantitative estimate of drug-likeness (QED) is 0.444. The number of nitrogens with zero attached hydrogens (tertiary/aromatic N) is 5. The second kappa shape index (κ2) is 7.27. The van der Waals surface area contributed by atoms with Crippen LogP contribution in [0.1, 0.15) is 0 Å². The Labute approximate surface area is 178 Å². The number of hydrogen-bond donors (Lipinski definition) is 1. The van der Waals surface area contributed by atoms with Gasteiger partial charge in [-0.05, 0) is 24.3 Å². The van der Waals surface area contributed by atoms with Gasteiger partial charge in [0, 0.05) is 28.1 Å². The summed E-state index contributed by atoms with van der Waals surface area (Å²) in [5.74, 6) is -0.340. The van der Waals surface area contributed by atoms with Crippen molar-refractivity contribution in [1.29, 1.82) is 0 Å². The number of nitrogens with one attached hydrogen (secondary N) is 1. The summed E-state index contributed by atoms with van der Waals surface area (Å²) >= 11 is 3.37. The number of benzene rings is 2. The summed E-state index contributed by atoms with van der Waals surface area (Å²) in [5, 5.41) is 11.7. The minimum Gasteiger partial charge on any atom is -0.324 e. The average Bonchev–Trinajstić information content (AvgIpc) is 3.30. The largest absolute Gasteiger partial charge is 0.350 e. The number of hydrogen-bond acceptors (Lipinski definition) is 4. The highest BCUT2D eigenvalue weighted by Crippen LogP contribution is 2.21. The molecule has 0 unspecified atom stereocenters. The van der Waals surface area contributed by atoms with Crippen LogP contribution in [0.15, 0.2) is 82.3 Å². The molecule has 0 bridgehead atoms. The Hall–Kier alpha value is -3.72. The molecule has 3 aromatic heterocycles. The van der Waals surface area contributed by atoms with E-state index < -0.39 is 0 Å². The molecule has 2 aromatic carbocycles. The maximum absolute atomic E-state index is 12.7. The van der Waals surface area contributed by atoms with Crippen LogP contribution in [0.3, 0.4) is 0 Å². The van der Waals surface area contributed by atoms with E-state index in [4.69, 9.17) is 0 Å². The van der Waals surface area contributed by atoms with Gasteiger partial charge in [-0.1, -0.05) is 52.3 Å². The normalized spacial score (nSPS) is 11.2. The fourth-order valence-electron chi connectivity index (χ4n) is 3.29. The van der Waals surface area contributed by atoms with E-state index in [1.807, 2.05) is 48.5 Å². The third-order valence-corrected chi connectivity index (χ3v) is 5.16. The van der Waals surface area contributed by atoms with Gasteiger partial charge in [0.05, 0.1) is 5.69 Å².